The maximum absolute atomic E-state index is 13.9. The molecule has 4 aromatic rings. The van der Waals surface area contributed by atoms with Crippen LogP contribution in [0, 0.1) is 12.8 Å². The van der Waals surface area contributed by atoms with E-state index < -0.39 is 23.7 Å². The van der Waals surface area contributed by atoms with Gasteiger partial charge in [-0.3, -0.25) is 9.78 Å². The summed E-state index contributed by atoms with van der Waals surface area (Å²) in [6, 6.07) is 14.0. The van der Waals surface area contributed by atoms with Crippen molar-refractivity contribution in [3.05, 3.63) is 83.9 Å². The second-order valence-electron chi connectivity index (χ2n) is 11.2. The van der Waals surface area contributed by atoms with Crippen molar-refractivity contribution < 1.29 is 18.0 Å². The van der Waals surface area contributed by atoms with Crippen molar-refractivity contribution in [2.45, 2.75) is 63.7 Å². The summed E-state index contributed by atoms with van der Waals surface area (Å²) >= 11 is 0. The van der Waals surface area contributed by atoms with E-state index in [-0.39, 0.29) is 17.2 Å². The number of aryl methyl sites for hydroxylation is 1. The van der Waals surface area contributed by atoms with Crippen LogP contribution in [0.25, 0.3) is 10.9 Å². The van der Waals surface area contributed by atoms with Crippen LogP contribution in [0.3, 0.4) is 0 Å². The van der Waals surface area contributed by atoms with Crippen LogP contribution in [0.15, 0.2) is 67.3 Å². The Bertz CT molecular complexity index is 1560. The molecule has 1 amide bonds. The van der Waals surface area contributed by atoms with Gasteiger partial charge in [0.25, 0.3) is 0 Å². The standard InChI is InChI=1S/C32H33F3N6O/c1-20-8-11-24(17-27(20)32(33,34)35)40-31(42)26-7-4-16-41(30-25-14-15-36-18-28(25)37-19-38-30)29(26)21-9-12-23(13-10-21)39-22-5-2-3-6-22/h8-15,17-19,22,26,29,39H,2-7,16H2,1H3,(H,40,42)/t26-,29-/m0/s1. The van der Waals surface area contributed by atoms with Gasteiger partial charge in [-0.25, -0.2) is 9.97 Å². The number of fused-ring (bicyclic) bond motifs is 1. The Balaban J connectivity index is 1.35. The number of piperidine rings is 1. The first-order valence-corrected chi connectivity index (χ1v) is 14.4. The number of hydrogen-bond donors (Lipinski definition) is 2. The predicted octanol–water partition coefficient (Wildman–Crippen LogP) is 7.30. The molecule has 1 aliphatic heterocycles. The second kappa shape index (κ2) is 11.6. The molecular weight excluding hydrogens is 541 g/mol. The van der Waals surface area contributed by atoms with Crippen LogP contribution >= 0.6 is 0 Å². The highest BCUT2D eigenvalue weighted by molar-refractivity contribution is 5.94. The molecule has 2 aliphatic rings. The molecule has 6 rings (SSSR count). The maximum atomic E-state index is 13.9. The van der Waals surface area contributed by atoms with E-state index >= 15 is 0 Å². The van der Waals surface area contributed by atoms with E-state index in [1.807, 2.05) is 30.3 Å². The van der Waals surface area contributed by atoms with E-state index in [0.29, 0.717) is 36.8 Å². The first-order valence-electron chi connectivity index (χ1n) is 14.4. The largest absolute Gasteiger partial charge is 0.416 e. The summed E-state index contributed by atoms with van der Waals surface area (Å²) in [5.41, 5.74) is 2.15. The van der Waals surface area contributed by atoms with Gasteiger partial charge in [0, 0.05) is 35.5 Å². The minimum Gasteiger partial charge on any atom is -0.382 e. The summed E-state index contributed by atoms with van der Waals surface area (Å²) in [5.74, 6) is -0.155. The Morgan fingerprint density at radius 1 is 0.952 bits per heavy atom. The zero-order chi connectivity index (χ0) is 29.3. The molecule has 2 atom stereocenters. The van der Waals surface area contributed by atoms with E-state index in [1.165, 1.54) is 38.2 Å². The van der Waals surface area contributed by atoms with Gasteiger partial charge in [0.2, 0.25) is 5.91 Å². The van der Waals surface area contributed by atoms with Crippen LogP contribution in [0.2, 0.25) is 0 Å². The number of pyridine rings is 1. The van der Waals surface area contributed by atoms with Gasteiger partial charge < -0.3 is 15.5 Å². The van der Waals surface area contributed by atoms with Crippen LogP contribution < -0.4 is 15.5 Å². The van der Waals surface area contributed by atoms with Gasteiger partial charge in [-0.05, 0) is 74.1 Å². The van der Waals surface area contributed by atoms with Crippen molar-refractivity contribution in [2.24, 2.45) is 5.92 Å². The second-order valence-corrected chi connectivity index (χ2v) is 11.2. The summed E-state index contributed by atoms with van der Waals surface area (Å²) in [4.78, 5) is 29.2. The molecule has 2 fully saturated rings. The fourth-order valence-electron chi connectivity index (χ4n) is 6.36. The lowest BCUT2D eigenvalue weighted by atomic mass is 9.83. The quantitative estimate of drug-likeness (QED) is 0.251. The van der Waals surface area contributed by atoms with E-state index in [0.717, 1.165) is 35.5 Å². The molecule has 2 aromatic carbocycles. The molecule has 10 heteroatoms. The number of nitrogens with zero attached hydrogens (tertiary/aromatic N) is 4. The average Bonchev–Trinajstić information content (AvgIpc) is 3.50. The van der Waals surface area contributed by atoms with E-state index in [2.05, 4.69) is 30.5 Å². The van der Waals surface area contributed by atoms with Crippen LogP contribution in [0.4, 0.5) is 30.4 Å². The van der Waals surface area contributed by atoms with Gasteiger partial charge in [0.1, 0.15) is 12.1 Å². The highest BCUT2D eigenvalue weighted by atomic mass is 19.4. The monoisotopic (exact) mass is 574 g/mol. The lowest BCUT2D eigenvalue weighted by molar-refractivity contribution is -0.138. The molecule has 1 saturated heterocycles. The summed E-state index contributed by atoms with van der Waals surface area (Å²) in [6.45, 7) is 2.07. The van der Waals surface area contributed by atoms with Gasteiger partial charge in [0.15, 0.2) is 0 Å². The SMILES string of the molecule is Cc1ccc(NC(=O)[C@H]2CCCN(c3ncnc4cnccc34)[C@H]2c2ccc(NC3CCCC3)cc2)cc1C(F)(F)F. The summed E-state index contributed by atoms with van der Waals surface area (Å²) in [5, 5.41) is 7.24. The topological polar surface area (TPSA) is 83.0 Å². The molecule has 0 radical (unpaired) electrons. The number of amides is 1. The number of alkyl halides is 3. The third-order valence-electron chi connectivity index (χ3n) is 8.45. The van der Waals surface area contributed by atoms with Crippen molar-refractivity contribution in [3.8, 4) is 0 Å². The zero-order valence-corrected chi connectivity index (χ0v) is 23.4. The number of carbonyl (C=O) groups is 1. The normalized spacial score (nSPS) is 19.7. The molecule has 1 aliphatic carbocycles. The summed E-state index contributed by atoms with van der Waals surface area (Å²) < 4.78 is 40.8. The van der Waals surface area contributed by atoms with Crippen LogP contribution in [0.1, 0.15) is 61.3 Å². The third kappa shape index (κ3) is 5.75. The molecule has 2 aromatic heterocycles. The number of anilines is 3. The van der Waals surface area contributed by atoms with E-state index in [4.69, 9.17) is 0 Å². The van der Waals surface area contributed by atoms with Gasteiger partial charge in [-0.15, -0.1) is 0 Å². The molecule has 0 unspecified atom stereocenters. The Labute approximate surface area is 242 Å². The number of rotatable bonds is 6. The minimum atomic E-state index is -4.51. The fraction of sp³-hybridized carbons (Fsp3) is 0.375. The number of hydrogen-bond acceptors (Lipinski definition) is 6. The van der Waals surface area contributed by atoms with E-state index in [9.17, 15) is 18.0 Å². The Morgan fingerprint density at radius 2 is 1.71 bits per heavy atom. The molecule has 0 spiro atoms. The molecule has 0 bridgehead atoms. The Hall–Kier alpha value is -4.21. The summed E-state index contributed by atoms with van der Waals surface area (Å²) in [7, 11) is 0. The molecule has 2 N–H and O–H groups in total. The Kier molecular flexibility index (Phi) is 7.70. The minimum absolute atomic E-state index is 0.110. The van der Waals surface area contributed by atoms with Gasteiger partial charge in [-0.2, -0.15) is 13.2 Å². The lowest BCUT2D eigenvalue weighted by Gasteiger charge is -2.42. The number of nitrogens with one attached hydrogen (secondary N) is 2. The maximum Gasteiger partial charge on any atom is 0.416 e. The van der Waals surface area contributed by atoms with Crippen molar-refractivity contribution in [2.75, 3.05) is 22.1 Å². The van der Waals surface area contributed by atoms with E-state index in [1.54, 1.807) is 12.4 Å². The Morgan fingerprint density at radius 3 is 2.48 bits per heavy atom. The molecule has 7 nitrogen and oxygen atoms in total. The van der Waals surface area contributed by atoms with Crippen molar-refractivity contribution >= 4 is 34.0 Å². The molecular formula is C32H33F3N6O. The highest BCUT2D eigenvalue weighted by Crippen LogP contribution is 2.42. The fourth-order valence-corrected chi connectivity index (χ4v) is 6.36. The predicted molar refractivity (Wildman–Crippen MR) is 157 cm³/mol. The molecule has 3 heterocycles. The smallest absolute Gasteiger partial charge is 0.382 e. The average molecular weight is 575 g/mol. The highest BCUT2D eigenvalue weighted by Gasteiger charge is 2.39. The van der Waals surface area contributed by atoms with Gasteiger partial charge >= 0.3 is 6.18 Å². The van der Waals surface area contributed by atoms with Crippen LogP contribution in [-0.2, 0) is 11.0 Å². The first kappa shape index (κ1) is 27.9. The number of halogens is 3. The third-order valence-corrected chi connectivity index (χ3v) is 8.45. The van der Waals surface area contributed by atoms with Gasteiger partial charge in [-0.1, -0.05) is 31.0 Å². The number of carbonyl (C=O) groups excluding carboxylic acids is 1. The van der Waals surface area contributed by atoms with Crippen LogP contribution in [-0.4, -0.2) is 33.4 Å². The lowest BCUT2D eigenvalue weighted by Crippen LogP contribution is -2.44. The van der Waals surface area contributed by atoms with Gasteiger partial charge in [0.05, 0.1) is 29.2 Å². The number of benzene rings is 2. The van der Waals surface area contributed by atoms with Crippen molar-refractivity contribution in [1.82, 2.24) is 15.0 Å². The molecule has 42 heavy (non-hydrogen) atoms. The molecule has 218 valence electrons. The summed E-state index contributed by atoms with van der Waals surface area (Å²) in [6.07, 6.45) is 6.45. The van der Waals surface area contributed by atoms with Crippen LogP contribution in [0.5, 0.6) is 0 Å². The molecule has 1 saturated carbocycles. The zero-order valence-electron chi connectivity index (χ0n) is 23.4. The van der Waals surface area contributed by atoms with Crippen molar-refractivity contribution in [3.63, 3.8) is 0 Å². The van der Waals surface area contributed by atoms with Crippen molar-refractivity contribution in [1.29, 1.82) is 0 Å². The number of aromatic nitrogens is 3. The first-order chi connectivity index (χ1) is 20.3.